The van der Waals surface area contributed by atoms with Crippen molar-refractivity contribution in [3.8, 4) is 5.75 Å². The second-order valence-electron chi connectivity index (χ2n) is 7.92. The highest BCUT2D eigenvalue weighted by atomic mass is 16.5. The molecule has 1 aliphatic heterocycles. The Labute approximate surface area is 173 Å². The molecule has 2 amide bonds. The predicted molar refractivity (Wildman–Crippen MR) is 117 cm³/mol. The summed E-state index contributed by atoms with van der Waals surface area (Å²) in [5.41, 5.74) is 3.39. The number of benzene rings is 2. The summed E-state index contributed by atoms with van der Waals surface area (Å²) < 4.78 is 5.64. The van der Waals surface area contributed by atoms with Crippen molar-refractivity contribution in [3.63, 3.8) is 0 Å². The maximum Gasteiger partial charge on any atom is 0.255 e. The lowest BCUT2D eigenvalue weighted by Gasteiger charge is -2.31. The number of aryl methyl sites for hydroxylation is 1. The number of nitrogens with zero attached hydrogens (tertiary/aromatic N) is 1. The number of amides is 2. The van der Waals surface area contributed by atoms with Crippen LogP contribution in [0.15, 0.2) is 42.5 Å². The van der Waals surface area contributed by atoms with E-state index in [2.05, 4.69) is 26.1 Å². The molecule has 0 bridgehead atoms. The lowest BCUT2D eigenvalue weighted by atomic mass is 9.99. The number of carbonyl (C=O) groups excluding carboxylic acids is 2. The fourth-order valence-electron chi connectivity index (χ4n) is 3.44. The van der Waals surface area contributed by atoms with E-state index in [0.29, 0.717) is 37.5 Å². The molecule has 1 heterocycles. The zero-order valence-corrected chi connectivity index (χ0v) is 17.5. The normalized spacial score (nSPS) is 13.4. The fraction of sp³-hybridized carbons (Fsp3) is 0.417. The van der Waals surface area contributed by atoms with Gasteiger partial charge in [-0.15, -0.1) is 0 Å². The summed E-state index contributed by atoms with van der Waals surface area (Å²) in [5, 5.41) is 2.96. The second kappa shape index (κ2) is 9.59. The van der Waals surface area contributed by atoms with Crippen LogP contribution in [-0.4, -0.2) is 25.0 Å². The van der Waals surface area contributed by atoms with Crippen LogP contribution in [0.2, 0.25) is 0 Å². The molecule has 154 valence electrons. The van der Waals surface area contributed by atoms with Crippen molar-refractivity contribution in [3.05, 3.63) is 53.6 Å². The molecule has 1 aliphatic rings. The van der Waals surface area contributed by atoms with Gasteiger partial charge in [0.05, 0.1) is 6.61 Å². The lowest BCUT2D eigenvalue weighted by Crippen LogP contribution is -2.37. The predicted octanol–water partition coefficient (Wildman–Crippen LogP) is 5.05. The summed E-state index contributed by atoms with van der Waals surface area (Å²) >= 11 is 0. The van der Waals surface area contributed by atoms with E-state index in [1.165, 1.54) is 0 Å². The van der Waals surface area contributed by atoms with Crippen LogP contribution in [0.25, 0.3) is 0 Å². The van der Waals surface area contributed by atoms with Crippen LogP contribution >= 0.6 is 0 Å². The molecule has 0 fully saturated rings. The van der Waals surface area contributed by atoms with Crippen molar-refractivity contribution in [2.75, 3.05) is 23.4 Å². The van der Waals surface area contributed by atoms with Crippen LogP contribution < -0.4 is 15.0 Å². The summed E-state index contributed by atoms with van der Waals surface area (Å²) in [7, 11) is 0. The Morgan fingerprint density at radius 3 is 2.59 bits per heavy atom. The van der Waals surface area contributed by atoms with Gasteiger partial charge in [0, 0.05) is 29.9 Å². The summed E-state index contributed by atoms with van der Waals surface area (Å²) in [4.78, 5) is 26.8. The van der Waals surface area contributed by atoms with Gasteiger partial charge in [0.1, 0.15) is 5.75 Å². The molecule has 2 aromatic rings. The first-order valence-electron chi connectivity index (χ1n) is 10.5. The van der Waals surface area contributed by atoms with Crippen molar-refractivity contribution in [1.82, 2.24) is 0 Å². The first kappa shape index (κ1) is 20.9. The van der Waals surface area contributed by atoms with Crippen molar-refractivity contribution >= 4 is 23.2 Å². The molecule has 0 saturated heterocycles. The van der Waals surface area contributed by atoms with Crippen LogP contribution in [0.5, 0.6) is 5.75 Å². The number of nitrogens with one attached hydrogen (secondary N) is 1. The third-order valence-corrected chi connectivity index (χ3v) is 4.97. The zero-order valence-electron chi connectivity index (χ0n) is 17.5. The molecular weight excluding hydrogens is 364 g/mol. The van der Waals surface area contributed by atoms with E-state index in [9.17, 15) is 9.59 Å². The Morgan fingerprint density at radius 1 is 1.14 bits per heavy atom. The molecule has 0 aliphatic carbocycles. The third-order valence-electron chi connectivity index (χ3n) is 4.97. The number of unbranched alkanes of at least 4 members (excludes halogenated alkanes) is 1. The molecular formula is C24H30N2O3. The SMILES string of the molecule is CCCCOc1ccc(C(=O)Nc2ccc3c(c2)CCC(=O)N3CC(C)C)cc1. The quantitative estimate of drug-likeness (QED) is 0.637. The van der Waals surface area contributed by atoms with Crippen molar-refractivity contribution in [2.45, 2.75) is 46.5 Å². The van der Waals surface area contributed by atoms with Gasteiger partial charge in [-0.25, -0.2) is 0 Å². The molecule has 3 rings (SSSR count). The average molecular weight is 395 g/mol. The van der Waals surface area contributed by atoms with Gasteiger partial charge < -0.3 is 15.0 Å². The fourth-order valence-corrected chi connectivity index (χ4v) is 3.44. The molecule has 0 unspecified atom stereocenters. The van der Waals surface area contributed by atoms with Crippen LogP contribution in [-0.2, 0) is 11.2 Å². The van der Waals surface area contributed by atoms with Crippen LogP contribution in [0, 0.1) is 5.92 Å². The Balaban J connectivity index is 1.67. The monoisotopic (exact) mass is 394 g/mol. The Morgan fingerprint density at radius 2 is 1.90 bits per heavy atom. The molecule has 29 heavy (non-hydrogen) atoms. The number of fused-ring (bicyclic) bond motifs is 1. The van der Waals surface area contributed by atoms with Gasteiger partial charge in [-0.05, 0) is 66.8 Å². The maximum atomic E-state index is 12.6. The Hall–Kier alpha value is -2.82. The summed E-state index contributed by atoms with van der Waals surface area (Å²) in [6.07, 6.45) is 3.32. The molecule has 5 nitrogen and oxygen atoms in total. The smallest absolute Gasteiger partial charge is 0.255 e. The second-order valence-corrected chi connectivity index (χ2v) is 7.92. The van der Waals surface area contributed by atoms with Gasteiger partial charge in [0.25, 0.3) is 5.91 Å². The van der Waals surface area contributed by atoms with E-state index < -0.39 is 0 Å². The highest BCUT2D eigenvalue weighted by Gasteiger charge is 2.25. The molecule has 0 radical (unpaired) electrons. The van der Waals surface area contributed by atoms with Crippen LogP contribution in [0.4, 0.5) is 11.4 Å². The van der Waals surface area contributed by atoms with Crippen molar-refractivity contribution in [2.24, 2.45) is 5.92 Å². The molecule has 2 aromatic carbocycles. The van der Waals surface area contributed by atoms with E-state index in [1.807, 2.05) is 35.2 Å². The Kier molecular flexibility index (Phi) is 6.91. The molecule has 0 saturated carbocycles. The van der Waals surface area contributed by atoms with Crippen molar-refractivity contribution < 1.29 is 14.3 Å². The van der Waals surface area contributed by atoms with Gasteiger partial charge >= 0.3 is 0 Å². The minimum Gasteiger partial charge on any atom is -0.494 e. The third kappa shape index (κ3) is 5.37. The number of carbonyl (C=O) groups is 2. The van der Waals surface area contributed by atoms with Crippen LogP contribution in [0.3, 0.4) is 0 Å². The highest BCUT2D eigenvalue weighted by Crippen LogP contribution is 2.31. The van der Waals surface area contributed by atoms with Crippen molar-refractivity contribution in [1.29, 1.82) is 0 Å². The zero-order chi connectivity index (χ0) is 20.8. The van der Waals surface area contributed by atoms with E-state index >= 15 is 0 Å². The van der Waals surface area contributed by atoms with E-state index in [1.54, 1.807) is 12.1 Å². The molecule has 1 N–H and O–H groups in total. The van der Waals surface area contributed by atoms with E-state index in [0.717, 1.165) is 35.5 Å². The average Bonchev–Trinajstić information content (AvgIpc) is 2.70. The topological polar surface area (TPSA) is 58.6 Å². The largest absolute Gasteiger partial charge is 0.494 e. The number of ether oxygens (including phenoxy) is 1. The highest BCUT2D eigenvalue weighted by molar-refractivity contribution is 6.05. The standard InChI is InChI=1S/C24H30N2O3/c1-4-5-14-29-21-10-6-18(7-11-21)24(28)25-20-9-12-22-19(15-20)8-13-23(27)26(22)16-17(2)3/h6-7,9-12,15,17H,4-5,8,13-14,16H2,1-3H3,(H,25,28). The van der Waals surface area contributed by atoms with Gasteiger partial charge in [-0.3, -0.25) is 9.59 Å². The summed E-state index contributed by atoms with van der Waals surface area (Å²) in [6.45, 7) is 7.74. The summed E-state index contributed by atoms with van der Waals surface area (Å²) in [5.74, 6) is 1.19. The van der Waals surface area contributed by atoms with Gasteiger partial charge in [-0.2, -0.15) is 0 Å². The first-order chi connectivity index (χ1) is 14.0. The summed E-state index contributed by atoms with van der Waals surface area (Å²) in [6, 6.07) is 13.0. The lowest BCUT2D eigenvalue weighted by molar-refractivity contribution is -0.119. The first-order valence-corrected chi connectivity index (χ1v) is 10.5. The number of hydrogen-bond acceptors (Lipinski definition) is 3. The Bertz CT molecular complexity index is 859. The minimum atomic E-state index is -0.156. The number of hydrogen-bond donors (Lipinski definition) is 1. The van der Waals surface area contributed by atoms with Gasteiger partial charge in [0.2, 0.25) is 5.91 Å². The molecule has 0 atom stereocenters. The number of anilines is 2. The molecule has 5 heteroatoms. The molecule has 0 aromatic heterocycles. The van der Waals surface area contributed by atoms with Crippen LogP contribution in [0.1, 0.15) is 56.0 Å². The van der Waals surface area contributed by atoms with Gasteiger partial charge in [-0.1, -0.05) is 27.2 Å². The minimum absolute atomic E-state index is 0.156. The van der Waals surface area contributed by atoms with Gasteiger partial charge in [0.15, 0.2) is 0 Å². The molecule has 0 spiro atoms. The van der Waals surface area contributed by atoms with E-state index in [-0.39, 0.29) is 11.8 Å². The van der Waals surface area contributed by atoms with E-state index in [4.69, 9.17) is 4.74 Å². The maximum absolute atomic E-state index is 12.6. The number of rotatable bonds is 8.